The van der Waals surface area contributed by atoms with E-state index in [1.54, 1.807) is 0 Å². The number of aryl methyl sites for hydroxylation is 1. The van der Waals surface area contributed by atoms with Crippen molar-refractivity contribution in [3.63, 3.8) is 0 Å². The van der Waals surface area contributed by atoms with E-state index in [0.29, 0.717) is 24.9 Å². The summed E-state index contributed by atoms with van der Waals surface area (Å²) in [6.07, 6.45) is 4.81. The fourth-order valence-corrected chi connectivity index (χ4v) is 4.90. The summed E-state index contributed by atoms with van der Waals surface area (Å²) in [5, 5.41) is 0. The summed E-state index contributed by atoms with van der Waals surface area (Å²) in [6.45, 7) is 4.04. The summed E-state index contributed by atoms with van der Waals surface area (Å²) >= 11 is 0. The minimum Gasteiger partial charge on any atom is -0.454 e. The topological polar surface area (TPSA) is 46.9 Å². The summed E-state index contributed by atoms with van der Waals surface area (Å²) in [5.41, 5.74) is 2.46. The van der Waals surface area contributed by atoms with Crippen molar-refractivity contribution in [3.8, 4) is 11.5 Å². The highest BCUT2D eigenvalue weighted by Crippen LogP contribution is 2.36. The minimum atomic E-state index is 0.281. The Bertz CT molecular complexity index is 878. The molecule has 0 radical (unpaired) electrons. The second-order valence-electron chi connectivity index (χ2n) is 8.21. The maximum atomic E-state index is 12.7. The van der Waals surface area contributed by atoms with Gasteiger partial charge >= 0.3 is 0 Å². The molecule has 28 heavy (non-hydrogen) atoms. The van der Waals surface area contributed by atoms with Gasteiger partial charge in [-0.25, -0.2) is 0 Å². The van der Waals surface area contributed by atoms with Gasteiger partial charge in [-0.3, -0.25) is 9.69 Å². The van der Waals surface area contributed by atoms with Crippen LogP contribution in [0.15, 0.2) is 36.5 Å². The van der Waals surface area contributed by atoms with Gasteiger partial charge in [0.05, 0.1) is 0 Å². The first-order valence-electron chi connectivity index (χ1n) is 10.2. The Morgan fingerprint density at radius 1 is 1.11 bits per heavy atom. The van der Waals surface area contributed by atoms with Gasteiger partial charge in [0.15, 0.2) is 11.5 Å². The largest absolute Gasteiger partial charge is 0.454 e. The van der Waals surface area contributed by atoms with E-state index in [1.165, 1.54) is 5.69 Å². The van der Waals surface area contributed by atoms with E-state index < -0.39 is 0 Å². The summed E-state index contributed by atoms with van der Waals surface area (Å²) in [5.74, 6) is 2.42. The second-order valence-corrected chi connectivity index (χ2v) is 8.21. The third kappa shape index (κ3) is 3.26. The van der Waals surface area contributed by atoms with E-state index in [0.717, 1.165) is 49.5 Å². The highest BCUT2D eigenvalue weighted by atomic mass is 16.7. The molecule has 0 aliphatic carbocycles. The Hall–Kier alpha value is -2.47. The molecule has 2 atom stereocenters. The molecule has 0 spiro atoms. The molecule has 0 saturated carbocycles. The lowest BCUT2D eigenvalue weighted by atomic mass is 9.83. The molecule has 0 bridgehead atoms. The summed E-state index contributed by atoms with van der Waals surface area (Å²) in [6, 6.07) is 10.7. The molecule has 4 heterocycles. The molecule has 2 saturated heterocycles. The van der Waals surface area contributed by atoms with Crippen molar-refractivity contribution in [2.24, 2.45) is 13.0 Å². The molecule has 1 aromatic carbocycles. The molecule has 0 N–H and O–H groups in total. The predicted octanol–water partition coefficient (Wildman–Crippen LogP) is 2.77. The molecule has 0 unspecified atom stereocenters. The number of carbonyl (C=O) groups excluding carboxylic acids is 1. The monoisotopic (exact) mass is 381 g/mol. The molecular formula is C22H27N3O3. The first-order valence-corrected chi connectivity index (χ1v) is 10.2. The SMILES string of the molecule is Cn1cccc1CN1CC[C@@H]2[C@@H](CCC(=O)N2Cc2ccc3c(c2)OCO3)C1. The van der Waals surface area contributed by atoms with Crippen molar-refractivity contribution >= 4 is 5.91 Å². The molecule has 3 aliphatic heterocycles. The third-order valence-corrected chi connectivity index (χ3v) is 6.45. The van der Waals surface area contributed by atoms with Crippen LogP contribution in [0.1, 0.15) is 30.5 Å². The highest BCUT2D eigenvalue weighted by molar-refractivity contribution is 5.77. The Morgan fingerprint density at radius 3 is 2.86 bits per heavy atom. The van der Waals surface area contributed by atoms with E-state index in [4.69, 9.17) is 9.47 Å². The minimum absolute atomic E-state index is 0.281. The van der Waals surface area contributed by atoms with Gasteiger partial charge in [-0.1, -0.05) is 6.07 Å². The normalized spacial score (nSPS) is 24.5. The number of fused-ring (bicyclic) bond motifs is 2. The third-order valence-electron chi connectivity index (χ3n) is 6.45. The molecule has 3 aliphatic rings. The Kier molecular flexibility index (Phi) is 4.51. The van der Waals surface area contributed by atoms with Crippen LogP contribution in [-0.2, 0) is 24.9 Å². The zero-order valence-corrected chi connectivity index (χ0v) is 16.3. The highest BCUT2D eigenvalue weighted by Gasteiger charge is 2.39. The first kappa shape index (κ1) is 17.6. The maximum absolute atomic E-state index is 12.7. The number of piperidine rings is 2. The second kappa shape index (κ2) is 7.17. The number of ether oxygens (including phenoxy) is 2. The van der Waals surface area contributed by atoms with Crippen LogP contribution in [0.3, 0.4) is 0 Å². The van der Waals surface area contributed by atoms with Crippen LogP contribution < -0.4 is 9.47 Å². The van der Waals surface area contributed by atoms with Crippen LogP contribution in [0, 0.1) is 5.92 Å². The number of aromatic nitrogens is 1. The Labute approximate surface area is 165 Å². The van der Waals surface area contributed by atoms with Gasteiger partial charge in [-0.15, -0.1) is 0 Å². The molecule has 148 valence electrons. The van der Waals surface area contributed by atoms with Crippen LogP contribution in [0.5, 0.6) is 11.5 Å². The number of amides is 1. The van der Waals surface area contributed by atoms with Crippen molar-refractivity contribution < 1.29 is 14.3 Å². The van der Waals surface area contributed by atoms with Gasteiger partial charge in [0.2, 0.25) is 12.7 Å². The Balaban J connectivity index is 1.28. The maximum Gasteiger partial charge on any atom is 0.231 e. The number of hydrogen-bond acceptors (Lipinski definition) is 4. The van der Waals surface area contributed by atoms with E-state index >= 15 is 0 Å². The smallest absolute Gasteiger partial charge is 0.231 e. The van der Waals surface area contributed by atoms with Gasteiger partial charge in [0.1, 0.15) is 0 Å². The van der Waals surface area contributed by atoms with Crippen LogP contribution >= 0.6 is 0 Å². The van der Waals surface area contributed by atoms with Crippen molar-refractivity contribution in [2.45, 2.75) is 38.4 Å². The van der Waals surface area contributed by atoms with Crippen molar-refractivity contribution in [1.82, 2.24) is 14.4 Å². The number of benzene rings is 1. The lowest BCUT2D eigenvalue weighted by Gasteiger charge is -2.47. The fraction of sp³-hybridized carbons (Fsp3) is 0.500. The van der Waals surface area contributed by atoms with Gasteiger partial charge in [0, 0.05) is 57.6 Å². The molecule has 6 heteroatoms. The number of hydrogen-bond donors (Lipinski definition) is 0. The molecule has 2 aromatic rings. The van der Waals surface area contributed by atoms with Crippen molar-refractivity contribution in [3.05, 3.63) is 47.8 Å². The van der Waals surface area contributed by atoms with Gasteiger partial charge < -0.3 is 18.9 Å². The van der Waals surface area contributed by atoms with E-state index in [-0.39, 0.29) is 12.7 Å². The molecule has 1 aromatic heterocycles. The number of rotatable bonds is 4. The molecule has 1 amide bonds. The Morgan fingerprint density at radius 2 is 2.00 bits per heavy atom. The number of nitrogens with zero attached hydrogens (tertiary/aromatic N) is 3. The average molecular weight is 381 g/mol. The standard InChI is InChI=1S/C22H27N3O3/c1-23-9-2-3-18(23)14-24-10-8-19-17(13-24)5-7-22(26)25(19)12-16-4-6-20-21(11-16)28-15-27-20/h2-4,6,9,11,17,19H,5,7-8,10,12-15H2,1H3/t17-,19+/m0/s1. The van der Waals surface area contributed by atoms with E-state index in [1.807, 2.05) is 12.1 Å². The predicted molar refractivity (Wildman–Crippen MR) is 105 cm³/mol. The summed E-state index contributed by atoms with van der Waals surface area (Å²) in [4.78, 5) is 17.4. The van der Waals surface area contributed by atoms with Crippen LogP contribution in [0.25, 0.3) is 0 Å². The number of likely N-dealkylation sites (tertiary alicyclic amines) is 2. The quantitative estimate of drug-likeness (QED) is 0.817. The zero-order chi connectivity index (χ0) is 19.1. The van der Waals surface area contributed by atoms with Crippen molar-refractivity contribution in [1.29, 1.82) is 0 Å². The summed E-state index contributed by atoms with van der Waals surface area (Å²) < 4.78 is 13.1. The van der Waals surface area contributed by atoms with Gasteiger partial charge in [-0.05, 0) is 48.6 Å². The zero-order valence-electron chi connectivity index (χ0n) is 16.3. The van der Waals surface area contributed by atoms with Crippen LogP contribution in [0.2, 0.25) is 0 Å². The van der Waals surface area contributed by atoms with Crippen molar-refractivity contribution in [2.75, 3.05) is 19.9 Å². The van der Waals surface area contributed by atoms with Gasteiger partial charge in [0.25, 0.3) is 0 Å². The number of carbonyl (C=O) groups is 1. The molecule has 5 rings (SSSR count). The van der Waals surface area contributed by atoms with Gasteiger partial charge in [-0.2, -0.15) is 0 Å². The fourth-order valence-electron chi connectivity index (χ4n) is 4.90. The van der Waals surface area contributed by atoms with Crippen LogP contribution in [0.4, 0.5) is 0 Å². The molecular weight excluding hydrogens is 354 g/mol. The lowest BCUT2D eigenvalue weighted by Crippen LogP contribution is -2.55. The average Bonchev–Trinajstić information content (AvgIpc) is 3.33. The molecule has 6 nitrogen and oxygen atoms in total. The lowest BCUT2D eigenvalue weighted by molar-refractivity contribution is -0.142. The van der Waals surface area contributed by atoms with Crippen LogP contribution in [-0.4, -0.2) is 46.2 Å². The van der Waals surface area contributed by atoms with E-state index in [2.05, 4.69) is 45.8 Å². The molecule has 2 fully saturated rings. The van der Waals surface area contributed by atoms with E-state index in [9.17, 15) is 4.79 Å². The summed E-state index contributed by atoms with van der Waals surface area (Å²) in [7, 11) is 2.11. The first-order chi connectivity index (χ1) is 13.7.